The average Bonchev–Trinajstić information content (AvgIpc) is 2.11. The normalized spacial score (nSPS) is 11.8. The topological polar surface area (TPSA) is 89.7 Å². The standard InChI is InChI=1S/C9H18N2O4S2/c1-4-15-9(12)5-11(7(2)3)17(13,14)6-8(10)16/h7H,4-6H2,1-3H3,(H2,10,16). The van der Waals surface area contributed by atoms with Gasteiger partial charge < -0.3 is 10.5 Å². The van der Waals surface area contributed by atoms with Gasteiger partial charge in [0.25, 0.3) is 0 Å². The number of carbonyl (C=O) groups is 1. The summed E-state index contributed by atoms with van der Waals surface area (Å²) in [5.41, 5.74) is 5.22. The van der Waals surface area contributed by atoms with E-state index in [1.54, 1.807) is 20.8 Å². The minimum absolute atomic E-state index is 0.125. The van der Waals surface area contributed by atoms with Gasteiger partial charge in [-0.3, -0.25) is 4.79 Å². The largest absolute Gasteiger partial charge is 0.465 e. The first-order valence-electron chi connectivity index (χ1n) is 5.14. The fourth-order valence-corrected chi connectivity index (χ4v) is 3.12. The lowest BCUT2D eigenvalue weighted by molar-refractivity contribution is -0.143. The number of hydrogen-bond donors (Lipinski definition) is 1. The maximum atomic E-state index is 11.9. The van der Waals surface area contributed by atoms with Gasteiger partial charge in [0.15, 0.2) is 0 Å². The van der Waals surface area contributed by atoms with E-state index in [1.807, 2.05) is 0 Å². The molecule has 0 aromatic heterocycles. The highest BCUT2D eigenvalue weighted by Crippen LogP contribution is 2.08. The van der Waals surface area contributed by atoms with Gasteiger partial charge >= 0.3 is 5.97 Å². The Bertz CT molecular complexity index is 378. The molecule has 0 rings (SSSR count). The first-order valence-corrected chi connectivity index (χ1v) is 7.16. The van der Waals surface area contributed by atoms with Crippen molar-refractivity contribution in [3.63, 3.8) is 0 Å². The molecule has 100 valence electrons. The molecule has 0 spiro atoms. The predicted octanol–water partition coefficient (Wildman–Crippen LogP) is -0.124. The number of thiocarbonyl (C=S) groups is 1. The zero-order valence-corrected chi connectivity index (χ0v) is 11.8. The Morgan fingerprint density at radius 2 is 2.00 bits per heavy atom. The summed E-state index contributed by atoms with van der Waals surface area (Å²) in [6.07, 6.45) is 0. The van der Waals surface area contributed by atoms with Crippen molar-refractivity contribution in [2.45, 2.75) is 26.8 Å². The van der Waals surface area contributed by atoms with Crippen LogP contribution >= 0.6 is 12.2 Å². The van der Waals surface area contributed by atoms with Crippen LogP contribution in [0.15, 0.2) is 0 Å². The van der Waals surface area contributed by atoms with E-state index in [0.717, 1.165) is 4.31 Å². The summed E-state index contributed by atoms with van der Waals surface area (Å²) < 4.78 is 29.5. The van der Waals surface area contributed by atoms with Gasteiger partial charge in [-0.05, 0) is 20.8 Å². The number of ether oxygens (including phenoxy) is 1. The molecule has 0 aromatic rings. The van der Waals surface area contributed by atoms with Crippen molar-refractivity contribution in [1.82, 2.24) is 4.31 Å². The van der Waals surface area contributed by atoms with Crippen molar-refractivity contribution in [3.8, 4) is 0 Å². The van der Waals surface area contributed by atoms with Crippen LogP contribution in [0.2, 0.25) is 0 Å². The molecule has 17 heavy (non-hydrogen) atoms. The summed E-state index contributed by atoms with van der Waals surface area (Å²) >= 11 is 4.57. The third kappa shape index (κ3) is 5.94. The summed E-state index contributed by atoms with van der Waals surface area (Å²) in [6, 6.07) is -0.362. The van der Waals surface area contributed by atoms with Crippen molar-refractivity contribution in [2.75, 3.05) is 18.9 Å². The van der Waals surface area contributed by atoms with Crippen molar-refractivity contribution in [1.29, 1.82) is 0 Å². The monoisotopic (exact) mass is 282 g/mol. The van der Waals surface area contributed by atoms with Crippen LogP contribution in [0.5, 0.6) is 0 Å². The number of hydrogen-bond acceptors (Lipinski definition) is 5. The Morgan fingerprint density at radius 3 is 2.35 bits per heavy atom. The third-order valence-electron chi connectivity index (χ3n) is 1.85. The van der Waals surface area contributed by atoms with E-state index >= 15 is 0 Å². The van der Waals surface area contributed by atoms with Gasteiger partial charge in [0, 0.05) is 6.04 Å². The highest BCUT2D eigenvalue weighted by molar-refractivity contribution is 7.92. The molecule has 2 N–H and O–H groups in total. The molecule has 0 bridgehead atoms. The molecule has 8 heteroatoms. The first kappa shape index (κ1) is 16.3. The summed E-state index contributed by atoms with van der Waals surface area (Å²) in [6.45, 7) is 4.87. The second-order valence-corrected chi connectivity index (χ2v) is 6.11. The van der Waals surface area contributed by atoms with E-state index in [0.29, 0.717) is 0 Å². The molecule has 0 saturated carbocycles. The van der Waals surface area contributed by atoms with E-state index in [9.17, 15) is 13.2 Å². The molecule has 0 aliphatic rings. The molecule has 0 aliphatic carbocycles. The zero-order chi connectivity index (χ0) is 13.6. The number of rotatable bonds is 7. The Hall–Kier alpha value is -0.730. The van der Waals surface area contributed by atoms with Crippen LogP contribution in [-0.4, -0.2) is 48.6 Å². The Kier molecular flexibility index (Phi) is 6.58. The van der Waals surface area contributed by atoms with Crippen LogP contribution < -0.4 is 5.73 Å². The van der Waals surface area contributed by atoms with E-state index in [4.69, 9.17) is 10.5 Å². The molecular formula is C9H18N2O4S2. The number of sulfonamides is 1. The number of nitrogens with two attached hydrogens (primary N) is 1. The van der Waals surface area contributed by atoms with Crippen LogP contribution in [-0.2, 0) is 19.6 Å². The van der Waals surface area contributed by atoms with E-state index in [1.165, 1.54) is 0 Å². The second kappa shape index (κ2) is 6.87. The summed E-state index contributed by atoms with van der Waals surface area (Å²) in [5.74, 6) is -1.03. The molecule has 0 unspecified atom stereocenters. The van der Waals surface area contributed by atoms with Crippen LogP contribution in [0.1, 0.15) is 20.8 Å². The lowest BCUT2D eigenvalue weighted by Crippen LogP contribution is -2.44. The Morgan fingerprint density at radius 1 is 1.47 bits per heavy atom. The fourth-order valence-electron chi connectivity index (χ4n) is 1.20. The van der Waals surface area contributed by atoms with Gasteiger partial charge in [-0.2, -0.15) is 4.31 Å². The minimum Gasteiger partial charge on any atom is -0.465 e. The zero-order valence-electron chi connectivity index (χ0n) is 10.2. The molecule has 0 amide bonds. The molecule has 0 saturated heterocycles. The van der Waals surface area contributed by atoms with Crippen LogP contribution in [0, 0.1) is 0 Å². The molecule has 6 nitrogen and oxygen atoms in total. The summed E-state index contributed by atoms with van der Waals surface area (Å²) in [4.78, 5) is 11.2. The average molecular weight is 282 g/mol. The Balaban J connectivity index is 4.86. The van der Waals surface area contributed by atoms with Crippen LogP contribution in [0.4, 0.5) is 0 Å². The molecular weight excluding hydrogens is 264 g/mol. The van der Waals surface area contributed by atoms with E-state index in [-0.39, 0.29) is 24.2 Å². The SMILES string of the molecule is CCOC(=O)CN(C(C)C)S(=O)(=O)CC(N)=S. The van der Waals surface area contributed by atoms with E-state index < -0.39 is 21.7 Å². The molecule has 0 atom stereocenters. The second-order valence-electron chi connectivity index (χ2n) is 3.67. The molecule has 0 radical (unpaired) electrons. The minimum atomic E-state index is -3.67. The van der Waals surface area contributed by atoms with Crippen molar-refractivity contribution >= 4 is 33.2 Å². The summed E-state index contributed by atoms with van der Waals surface area (Å²) in [5, 5.41) is 0. The van der Waals surface area contributed by atoms with Gasteiger partial charge in [0.1, 0.15) is 12.3 Å². The van der Waals surface area contributed by atoms with Crippen LogP contribution in [0.3, 0.4) is 0 Å². The van der Waals surface area contributed by atoms with Crippen molar-refractivity contribution in [2.24, 2.45) is 5.73 Å². The molecule has 0 fully saturated rings. The van der Waals surface area contributed by atoms with Crippen molar-refractivity contribution < 1.29 is 17.9 Å². The van der Waals surface area contributed by atoms with Gasteiger partial charge in [-0.15, -0.1) is 0 Å². The van der Waals surface area contributed by atoms with Gasteiger partial charge in [0.05, 0.1) is 11.6 Å². The highest BCUT2D eigenvalue weighted by atomic mass is 32.2. The van der Waals surface area contributed by atoms with Gasteiger partial charge in [-0.25, -0.2) is 8.42 Å². The fraction of sp³-hybridized carbons (Fsp3) is 0.778. The van der Waals surface area contributed by atoms with Gasteiger partial charge in [0.2, 0.25) is 10.0 Å². The maximum absolute atomic E-state index is 11.9. The third-order valence-corrected chi connectivity index (χ3v) is 4.12. The maximum Gasteiger partial charge on any atom is 0.321 e. The molecule has 0 heterocycles. The number of esters is 1. The quantitative estimate of drug-likeness (QED) is 0.517. The van der Waals surface area contributed by atoms with Crippen LogP contribution in [0.25, 0.3) is 0 Å². The number of carbonyl (C=O) groups excluding carboxylic acids is 1. The highest BCUT2D eigenvalue weighted by Gasteiger charge is 2.28. The molecule has 0 aromatic carbocycles. The first-order chi connectivity index (χ1) is 7.70. The molecule has 0 aliphatic heterocycles. The lowest BCUT2D eigenvalue weighted by Gasteiger charge is -2.24. The Labute approximate surface area is 107 Å². The van der Waals surface area contributed by atoms with Gasteiger partial charge in [-0.1, -0.05) is 12.2 Å². The van der Waals surface area contributed by atoms with E-state index in [2.05, 4.69) is 12.2 Å². The smallest absolute Gasteiger partial charge is 0.321 e. The summed E-state index contributed by atoms with van der Waals surface area (Å²) in [7, 11) is -3.67. The van der Waals surface area contributed by atoms with Crippen molar-refractivity contribution in [3.05, 3.63) is 0 Å². The number of nitrogens with zero attached hydrogens (tertiary/aromatic N) is 1. The predicted molar refractivity (Wildman–Crippen MR) is 69.0 cm³/mol. The lowest BCUT2D eigenvalue weighted by atomic mass is 10.4.